The molecule has 1 aromatic heterocycles. The van der Waals surface area contributed by atoms with Gasteiger partial charge in [0, 0.05) is 27.8 Å². The van der Waals surface area contributed by atoms with E-state index in [1.165, 1.54) is 53.9 Å². The van der Waals surface area contributed by atoms with E-state index in [0.29, 0.717) is 6.04 Å². The van der Waals surface area contributed by atoms with Crippen LogP contribution in [0.4, 0.5) is 0 Å². The zero-order valence-corrected chi connectivity index (χ0v) is 11.7. The second-order valence-corrected chi connectivity index (χ2v) is 5.70. The molecule has 20 heavy (non-hydrogen) atoms. The number of benzene rings is 2. The normalized spacial score (nSPS) is 16.4. The Balaban J connectivity index is 0.00000121. The van der Waals surface area contributed by atoms with E-state index >= 15 is 0 Å². The minimum atomic E-state index is 0. The van der Waals surface area contributed by atoms with E-state index in [1.807, 2.05) is 0 Å². The summed E-state index contributed by atoms with van der Waals surface area (Å²) >= 11 is 0. The minimum absolute atomic E-state index is 0. The third-order valence-corrected chi connectivity index (χ3v) is 4.56. The van der Waals surface area contributed by atoms with E-state index in [4.69, 9.17) is 0 Å². The van der Waals surface area contributed by atoms with Gasteiger partial charge in [0.15, 0.2) is 0 Å². The lowest BCUT2D eigenvalue weighted by molar-refractivity contribution is 0.367. The van der Waals surface area contributed by atoms with Crippen LogP contribution in [-0.2, 0) is 0 Å². The number of hydrogen-bond donors (Lipinski definition) is 0. The first-order valence-corrected chi connectivity index (χ1v) is 7.43. The molecule has 0 saturated heterocycles. The first-order chi connectivity index (χ1) is 9.45. The Kier molecular flexibility index (Phi) is 3.49. The Labute approximate surface area is 119 Å². The molecule has 1 heterocycles. The van der Waals surface area contributed by atoms with Gasteiger partial charge in [0.25, 0.3) is 0 Å². The van der Waals surface area contributed by atoms with Gasteiger partial charge in [-0.15, -0.1) is 0 Å². The molecule has 1 aliphatic carbocycles. The van der Waals surface area contributed by atoms with E-state index in [1.54, 1.807) is 0 Å². The molecule has 0 amide bonds. The first kappa shape index (κ1) is 13.2. The molecule has 1 aliphatic rings. The van der Waals surface area contributed by atoms with Gasteiger partial charge in [0.05, 0.1) is 0 Å². The van der Waals surface area contributed by atoms with E-state index in [0.717, 1.165) is 0 Å². The Morgan fingerprint density at radius 1 is 0.700 bits per heavy atom. The van der Waals surface area contributed by atoms with Gasteiger partial charge in [0.2, 0.25) is 0 Å². The van der Waals surface area contributed by atoms with Crippen molar-refractivity contribution in [2.45, 2.75) is 38.1 Å². The first-order valence-electron chi connectivity index (χ1n) is 7.43. The van der Waals surface area contributed by atoms with Gasteiger partial charge < -0.3 is 10.0 Å². The fourth-order valence-corrected chi connectivity index (χ4v) is 3.69. The summed E-state index contributed by atoms with van der Waals surface area (Å²) in [6.45, 7) is 0. The molecule has 2 N–H and O–H groups in total. The lowest BCUT2D eigenvalue weighted by atomic mass is 9.95. The maximum atomic E-state index is 2.60. The fourth-order valence-electron chi connectivity index (χ4n) is 3.69. The number of hydrogen-bond acceptors (Lipinski definition) is 0. The standard InChI is InChI=1S/C18H19N.H2O/c1-2-8-14(9-3-1)19-17-12-6-4-10-15(17)16-11-5-7-13-18(16)19;/h4-7,10-14H,1-3,8-9H2;1H2. The van der Waals surface area contributed by atoms with Gasteiger partial charge >= 0.3 is 0 Å². The molecule has 4 rings (SSSR count). The van der Waals surface area contributed by atoms with Crippen molar-refractivity contribution in [1.29, 1.82) is 0 Å². The van der Waals surface area contributed by atoms with Crippen LogP contribution in [0.3, 0.4) is 0 Å². The van der Waals surface area contributed by atoms with Crippen LogP contribution in [0.1, 0.15) is 38.1 Å². The smallest absolute Gasteiger partial charge is 0.0493 e. The number of aromatic nitrogens is 1. The third kappa shape index (κ3) is 1.92. The van der Waals surface area contributed by atoms with Crippen molar-refractivity contribution in [2.75, 3.05) is 0 Å². The van der Waals surface area contributed by atoms with Gasteiger partial charge in [0.1, 0.15) is 0 Å². The van der Waals surface area contributed by atoms with E-state index < -0.39 is 0 Å². The Morgan fingerprint density at radius 2 is 1.20 bits per heavy atom. The summed E-state index contributed by atoms with van der Waals surface area (Å²) in [7, 11) is 0. The zero-order valence-electron chi connectivity index (χ0n) is 11.7. The summed E-state index contributed by atoms with van der Waals surface area (Å²) in [6.07, 6.45) is 6.84. The second-order valence-electron chi connectivity index (χ2n) is 5.70. The molecule has 0 aliphatic heterocycles. The molecule has 2 heteroatoms. The molecule has 0 unspecified atom stereocenters. The van der Waals surface area contributed by atoms with Crippen LogP contribution in [-0.4, -0.2) is 10.0 Å². The topological polar surface area (TPSA) is 36.4 Å². The quantitative estimate of drug-likeness (QED) is 0.623. The van der Waals surface area contributed by atoms with Gasteiger partial charge in [-0.3, -0.25) is 0 Å². The molecule has 1 saturated carbocycles. The third-order valence-electron chi connectivity index (χ3n) is 4.56. The van der Waals surface area contributed by atoms with Crippen LogP contribution < -0.4 is 0 Å². The summed E-state index contributed by atoms with van der Waals surface area (Å²) < 4.78 is 2.60. The van der Waals surface area contributed by atoms with Crippen molar-refractivity contribution in [3.05, 3.63) is 48.5 Å². The Hall–Kier alpha value is -1.80. The number of rotatable bonds is 1. The van der Waals surface area contributed by atoms with Crippen LogP contribution in [0.25, 0.3) is 21.8 Å². The van der Waals surface area contributed by atoms with Gasteiger partial charge in [-0.25, -0.2) is 0 Å². The molecular weight excluding hydrogens is 246 g/mol. The largest absolute Gasteiger partial charge is 0.412 e. The monoisotopic (exact) mass is 267 g/mol. The lowest BCUT2D eigenvalue weighted by Gasteiger charge is -2.25. The van der Waals surface area contributed by atoms with Crippen LogP contribution in [0.5, 0.6) is 0 Å². The Bertz CT molecular complexity index is 669. The highest BCUT2D eigenvalue weighted by molar-refractivity contribution is 6.08. The average Bonchev–Trinajstić information content (AvgIpc) is 2.83. The minimum Gasteiger partial charge on any atom is -0.412 e. The van der Waals surface area contributed by atoms with Crippen molar-refractivity contribution in [2.24, 2.45) is 0 Å². The summed E-state index contributed by atoms with van der Waals surface area (Å²) in [5.74, 6) is 0. The lowest BCUT2D eigenvalue weighted by Crippen LogP contribution is -2.12. The molecule has 104 valence electrons. The van der Waals surface area contributed by atoms with Gasteiger partial charge in [-0.2, -0.15) is 0 Å². The highest BCUT2D eigenvalue weighted by Crippen LogP contribution is 2.37. The van der Waals surface area contributed by atoms with Gasteiger partial charge in [-0.05, 0) is 25.0 Å². The molecule has 0 spiro atoms. The summed E-state index contributed by atoms with van der Waals surface area (Å²) in [4.78, 5) is 0. The summed E-state index contributed by atoms with van der Waals surface area (Å²) in [5, 5.41) is 2.81. The van der Waals surface area contributed by atoms with Crippen LogP contribution in [0.15, 0.2) is 48.5 Å². The highest BCUT2D eigenvalue weighted by Gasteiger charge is 2.19. The molecule has 1 fully saturated rings. The predicted molar refractivity (Wildman–Crippen MR) is 85.2 cm³/mol. The predicted octanol–water partition coefficient (Wildman–Crippen LogP) is 4.48. The van der Waals surface area contributed by atoms with Crippen LogP contribution >= 0.6 is 0 Å². The van der Waals surface area contributed by atoms with Crippen molar-refractivity contribution in [3.8, 4) is 0 Å². The molecular formula is C18H21NO. The van der Waals surface area contributed by atoms with E-state index in [2.05, 4.69) is 53.1 Å². The summed E-state index contributed by atoms with van der Waals surface area (Å²) in [6, 6.07) is 18.4. The maximum Gasteiger partial charge on any atom is 0.0493 e. The van der Waals surface area contributed by atoms with Crippen molar-refractivity contribution >= 4 is 21.8 Å². The number of para-hydroxylation sites is 2. The number of nitrogens with zero attached hydrogens (tertiary/aromatic N) is 1. The second kappa shape index (κ2) is 5.29. The Morgan fingerprint density at radius 3 is 1.75 bits per heavy atom. The van der Waals surface area contributed by atoms with Crippen LogP contribution in [0, 0.1) is 0 Å². The average molecular weight is 267 g/mol. The van der Waals surface area contributed by atoms with Crippen molar-refractivity contribution < 1.29 is 5.48 Å². The van der Waals surface area contributed by atoms with Crippen molar-refractivity contribution in [3.63, 3.8) is 0 Å². The van der Waals surface area contributed by atoms with Crippen LogP contribution in [0.2, 0.25) is 0 Å². The molecule has 0 radical (unpaired) electrons. The highest BCUT2D eigenvalue weighted by atomic mass is 16.0. The molecule has 0 atom stereocenters. The van der Waals surface area contributed by atoms with Crippen molar-refractivity contribution in [1.82, 2.24) is 4.57 Å². The fraction of sp³-hybridized carbons (Fsp3) is 0.333. The summed E-state index contributed by atoms with van der Waals surface area (Å²) in [5.41, 5.74) is 2.83. The number of fused-ring (bicyclic) bond motifs is 3. The molecule has 2 nitrogen and oxygen atoms in total. The molecule has 3 aromatic rings. The van der Waals surface area contributed by atoms with E-state index in [9.17, 15) is 0 Å². The molecule has 0 bridgehead atoms. The van der Waals surface area contributed by atoms with Gasteiger partial charge in [-0.1, -0.05) is 55.7 Å². The maximum absolute atomic E-state index is 2.60. The zero-order chi connectivity index (χ0) is 12.7. The SMILES string of the molecule is O.c1ccc2c(c1)c1ccccc1n2C1CCCCC1. The van der Waals surface area contributed by atoms with E-state index in [-0.39, 0.29) is 5.48 Å². The molecule has 2 aromatic carbocycles.